The van der Waals surface area contributed by atoms with Crippen molar-refractivity contribution in [3.63, 3.8) is 0 Å². The highest BCUT2D eigenvalue weighted by Gasteiger charge is 2.29. The molecule has 1 aliphatic heterocycles. The molecule has 1 fully saturated rings. The quantitative estimate of drug-likeness (QED) is 0.670. The van der Waals surface area contributed by atoms with Gasteiger partial charge in [-0.3, -0.25) is 9.78 Å². The lowest BCUT2D eigenvalue weighted by molar-refractivity contribution is -0.125. The van der Waals surface area contributed by atoms with Crippen LogP contribution in [-0.2, 0) is 4.79 Å². The number of nitriles is 1. The molecule has 0 spiro atoms. The van der Waals surface area contributed by atoms with Gasteiger partial charge in [0.2, 0.25) is 17.5 Å². The Kier molecular flexibility index (Phi) is 5.80. The number of nitrogens with zero attached hydrogens (tertiary/aromatic N) is 4. The average Bonchev–Trinajstić information content (AvgIpc) is 3.47. The second-order valence-electron chi connectivity index (χ2n) is 7.45. The summed E-state index contributed by atoms with van der Waals surface area (Å²) in [5.74, 6) is 1.46. The SMILES string of the molecule is CC(CNC(=O)C1CCN(c2oc(-c3ccco3)nc2C#N)CC1)c1ccncc1. The number of hydrogen-bond donors (Lipinski definition) is 1. The topological polar surface area (TPSA) is 108 Å². The number of nitrogens with one attached hydrogen (secondary N) is 1. The van der Waals surface area contributed by atoms with Gasteiger partial charge in [0.25, 0.3) is 5.89 Å². The number of pyridine rings is 1. The van der Waals surface area contributed by atoms with Gasteiger partial charge >= 0.3 is 0 Å². The van der Waals surface area contributed by atoms with Gasteiger partial charge in [0.15, 0.2) is 5.76 Å². The number of rotatable bonds is 6. The van der Waals surface area contributed by atoms with E-state index in [4.69, 9.17) is 8.83 Å². The monoisotopic (exact) mass is 405 g/mol. The van der Waals surface area contributed by atoms with Gasteiger partial charge in [0.05, 0.1) is 6.26 Å². The number of oxazole rings is 1. The van der Waals surface area contributed by atoms with Gasteiger partial charge in [-0.05, 0) is 48.6 Å². The summed E-state index contributed by atoms with van der Waals surface area (Å²) in [6.07, 6.45) is 6.44. The van der Waals surface area contributed by atoms with Gasteiger partial charge in [0, 0.05) is 37.9 Å². The van der Waals surface area contributed by atoms with Gasteiger partial charge in [-0.2, -0.15) is 10.2 Å². The van der Waals surface area contributed by atoms with Crippen LogP contribution >= 0.6 is 0 Å². The van der Waals surface area contributed by atoms with Crippen LogP contribution in [0.25, 0.3) is 11.7 Å². The predicted octanol–water partition coefficient (Wildman–Crippen LogP) is 3.34. The second kappa shape index (κ2) is 8.82. The van der Waals surface area contributed by atoms with E-state index in [1.807, 2.05) is 17.0 Å². The van der Waals surface area contributed by atoms with Crippen LogP contribution in [0.5, 0.6) is 0 Å². The maximum Gasteiger partial charge on any atom is 0.266 e. The average molecular weight is 405 g/mol. The van der Waals surface area contributed by atoms with Crippen molar-refractivity contribution in [3.05, 3.63) is 54.2 Å². The summed E-state index contributed by atoms with van der Waals surface area (Å²) in [6.45, 7) is 3.93. The summed E-state index contributed by atoms with van der Waals surface area (Å²) in [7, 11) is 0. The molecule has 154 valence electrons. The lowest BCUT2D eigenvalue weighted by Crippen LogP contribution is -2.41. The van der Waals surface area contributed by atoms with Crippen LogP contribution in [0.2, 0.25) is 0 Å². The largest absolute Gasteiger partial charge is 0.459 e. The fraction of sp³-hybridized carbons (Fsp3) is 0.364. The Morgan fingerprint density at radius 2 is 2.10 bits per heavy atom. The molecule has 1 saturated heterocycles. The van der Waals surface area contributed by atoms with Gasteiger partial charge in [-0.25, -0.2) is 0 Å². The number of aromatic nitrogens is 2. The first-order valence-electron chi connectivity index (χ1n) is 10.0. The van der Waals surface area contributed by atoms with Crippen LogP contribution in [0.3, 0.4) is 0 Å². The fourth-order valence-corrected chi connectivity index (χ4v) is 3.66. The van der Waals surface area contributed by atoms with Crippen LogP contribution < -0.4 is 10.2 Å². The molecule has 4 heterocycles. The highest BCUT2D eigenvalue weighted by atomic mass is 16.4. The van der Waals surface area contributed by atoms with Crippen molar-refractivity contribution in [3.8, 4) is 17.7 Å². The first-order valence-corrected chi connectivity index (χ1v) is 10.0. The van der Waals surface area contributed by atoms with Crippen molar-refractivity contribution in [2.75, 3.05) is 24.5 Å². The van der Waals surface area contributed by atoms with Crippen molar-refractivity contribution >= 4 is 11.8 Å². The van der Waals surface area contributed by atoms with Crippen LogP contribution in [-0.4, -0.2) is 35.5 Å². The predicted molar refractivity (Wildman–Crippen MR) is 110 cm³/mol. The Balaban J connectivity index is 1.33. The van der Waals surface area contributed by atoms with E-state index in [-0.39, 0.29) is 29.3 Å². The lowest BCUT2D eigenvalue weighted by atomic mass is 9.95. The first-order chi connectivity index (χ1) is 14.7. The lowest BCUT2D eigenvalue weighted by Gasteiger charge is -2.31. The molecule has 8 heteroatoms. The van der Waals surface area contributed by atoms with E-state index in [0.29, 0.717) is 44.1 Å². The van der Waals surface area contributed by atoms with Gasteiger partial charge < -0.3 is 19.1 Å². The molecule has 0 saturated carbocycles. The second-order valence-corrected chi connectivity index (χ2v) is 7.45. The molecule has 1 atom stereocenters. The van der Waals surface area contributed by atoms with Crippen LogP contribution in [0.4, 0.5) is 5.88 Å². The Morgan fingerprint density at radius 3 is 2.77 bits per heavy atom. The zero-order chi connectivity index (χ0) is 20.9. The third-order valence-corrected chi connectivity index (χ3v) is 5.46. The molecule has 0 bridgehead atoms. The van der Waals surface area contributed by atoms with Crippen LogP contribution in [0.1, 0.15) is 36.9 Å². The van der Waals surface area contributed by atoms with E-state index in [9.17, 15) is 10.1 Å². The molecule has 0 aromatic carbocycles. The maximum atomic E-state index is 12.6. The van der Waals surface area contributed by atoms with Crippen molar-refractivity contribution in [1.82, 2.24) is 15.3 Å². The molecule has 0 radical (unpaired) electrons. The Morgan fingerprint density at radius 1 is 1.33 bits per heavy atom. The number of furan rings is 1. The number of anilines is 1. The summed E-state index contributed by atoms with van der Waals surface area (Å²) >= 11 is 0. The fourth-order valence-electron chi connectivity index (χ4n) is 3.66. The third kappa shape index (κ3) is 4.20. The molecule has 0 aliphatic carbocycles. The minimum absolute atomic E-state index is 0.0520. The first kappa shape index (κ1) is 19.7. The molecule has 8 nitrogen and oxygen atoms in total. The number of amides is 1. The summed E-state index contributed by atoms with van der Waals surface area (Å²) in [6, 6.07) is 9.50. The summed E-state index contributed by atoms with van der Waals surface area (Å²) in [5.41, 5.74) is 1.39. The molecule has 1 amide bonds. The normalized spacial score (nSPS) is 15.5. The number of carbonyl (C=O) groups excluding carboxylic acids is 1. The van der Waals surface area contributed by atoms with E-state index in [0.717, 1.165) is 5.56 Å². The van der Waals surface area contributed by atoms with Gasteiger partial charge in [-0.1, -0.05) is 6.92 Å². The molecular formula is C22H23N5O3. The van der Waals surface area contributed by atoms with Crippen molar-refractivity contribution in [2.45, 2.75) is 25.7 Å². The van der Waals surface area contributed by atoms with Crippen molar-refractivity contribution in [2.24, 2.45) is 5.92 Å². The third-order valence-electron chi connectivity index (χ3n) is 5.46. The smallest absolute Gasteiger partial charge is 0.266 e. The molecule has 3 aromatic heterocycles. The van der Waals surface area contributed by atoms with Gasteiger partial charge in [-0.15, -0.1) is 0 Å². The molecule has 1 aliphatic rings. The van der Waals surface area contributed by atoms with Crippen LogP contribution in [0, 0.1) is 17.2 Å². The van der Waals surface area contributed by atoms with Gasteiger partial charge in [0.1, 0.15) is 6.07 Å². The zero-order valence-corrected chi connectivity index (χ0v) is 16.7. The summed E-state index contributed by atoms with van der Waals surface area (Å²) in [4.78, 5) is 22.8. The van der Waals surface area contributed by atoms with E-state index < -0.39 is 0 Å². The van der Waals surface area contributed by atoms with E-state index in [1.54, 1.807) is 24.5 Å². The van der Waals surface area contributed by atoms with E-state index >= 15 is 0 Å². The highest BCUT2D eigenvalue weighted by molar-refractivity contribution is 5.79. The van der Waals surface area contributed by atoms with E-state index in [2.05, 4.69) is 28.3 Å². The van der Waals surface area contributed by atoms with E-state index in [1.165, 1.54) is 6.26 Å². The Labute approximate surface area is 174 Å². The molecule has 1 N–H and O–H groups in total. The minimum Gasteiger partial charge on any atom is -0.459 e. The number of carbonyl (C=O) groups is 1. The Hall–Kier alpha value is -3.60. The summed E-state index contributed by atoms with van der Waals surface area (Å²) < 4.78 is 11.1. The molecule has 4 rings (SSSR count). The molecule has 1 unspecified atom stereocenters. The molecular weight excluding hydrogens is 382 g/mol. The zero-order valence-electron chi connectivity index (χ0n) is 16.7. The van der Waals surface area contributed by atoms with Crippen molar-refractivity contribution in [1.29, 1.82) is 5.26 Å². The van der Waals surface area contributed by atoms with Crippen LogP contribution in [0.15, 0.2) is 51.8 Å². The Bertz CT molecular complexity index is 1010. The minimum atomic E-state index is -0.0520. The van der Waals surface area contributed by atoms with Crippen molar-refractivity contribution < 1.29 is 13.6 Å². The number of piperidine rings is 1. The highest BCUT2D eigenvalue weighted by Crippen LogP contribution is 2.31. The standard InChI is InChI=1S/C22H23N5O3/c1-15(16-4-8-24-9-5-16)14-25-20(28)17-6-10-27(11-7-17)22-18(13-23)26-21(30-22)19-3-2-12-29-19/h2-5,8-9,12,15,17H,6-7,10-11,14H2,1H3,(H,25,28). The maximum absolute atomic E-state index is 12.6. The summed E-state index contributed by atoms with van der Waals surface area (Å²) in [5, 5.41) is 12.5. The molecule has 3 aromatic rings. The molecule has 30 heavy (non-hydrogen) atoms. The number of hydrogen-bond acceptors (Lipinski definition) is 7.